The molecule has 0 unspecified atom stereocenters. The number of Topliss-reactive ketones (excluding diaryl/α,β-unsaturated/α-hetero) is 1. The van der Waals surface area contributed by atoms with Crippen LogP contribution in [0.5, 0.6) is 5.75 Å². The zero-order chi connectivity index (χ0) is 30.6. The maximum absolute atomic E-state index is 14.1. The molecule has 1 aliphatic rings. The van der Waals surface area contributed by atoms with Gasteiger partial charge in [-0.25, -0.2) is 4.39 Å². The van der Waals surface area contributed by atoms with E-state index in [-0.39, 0.29) is 22.8 Å². The van der Waals surface area contributed by atoms with Crippen LogP contribution in [0.25, 0.3) is 11.4 Å². The molecule has 1 saturated heterocycles. The van der Waals surface area contributed by atoms with Crippen molar-refractivity contribution < 1.29 is 18.7 Å². The van der Waals surface area contributed by atoms with Gasteiger partial charge in [-0.15, -0.1) is 10.2 Å². The van der Waals surface area contributed by atoms with E-state index in [1.165, 1.54) is 23.9 Å². The Morgan fingerprint density at radius 1 is 1.09 bits per heavy atom. The first-order valence-electron chi connectivity index (χ1n) is 14.2. The van der Waals surface area contributed by atoms with Crippen LogP contribution in [0.3, 0.4) is 0 Å². The summed E-state index contributed by atoms with van der Waals surface area (Å²) in [7, 11) is 1.67. The molecule has 224 valence electrons. The molecule has 1 fully saturated rings. The lowest BCUT2D eigenvalue weighted by molar-refractivity contribution is 0.102. The number of morpholine rings is 1. The van der Waals surface area contributed by atoms with E-state index in [0.29, 0.717) is 35.3 Å². The number of ether oxygens (including phenoxy) is 2. The van der Waals surface area contributed by atoms with Crippen LogP contribution in [-0.4, -0.2) is 66.0 Å². The van der Waals surface area contributed by atoms with E-state index in [4.69, 9.17) is 9.47 Å². The molecule has 4 aromatic rings. The van der Waals surface area contributed by atoms with Crippen LogP contribution < -0.4 is 9.64 Å². The number of rotatable bonds is 9. The number of methoxy groups -OCH3 is 1. The fraction of sp³-hybridized carbons (Fsp3) is 0.333. The number of anilines is 1. The molecule has 3 aromatic carbocycles. The molecule has 10 heteroatoms. The summed E-state index contributed by atoms with van der Waals surface area (Å²) in [5, 5.41) is 13.7. The maximum atomic E-state index is 14.1. The number of thioether (sulfide) groups is 1. The number of carbonyl (C=O) groups excluding carboxylic acids is 1. The maximum Gasteiger partial charge on any atom is 0.212 e. The minimum Gasteiger partial charge on any atom is -0.494 e. The highest BCUT2D eigenvalue weighted by Gasteiger charge is 2.27. The highest BCUT2D eigenvalue weighted by molar-refractivity contribution is 7.99. The number of aryl methyl sites for hydroxylation is 1. The van der Waals surface area contributed by atoms with E-state index in [2.05, 4.69) is 41.0 Å². The third-order valence-corrected chi connectivity index (χ3v) is 8.07. The first-order valence-corrected chi connectivity index (χ1v) is 15.2. The van der Waals surface area contributed by atoms with Gasteiger partial charge in [-0.2, -0.15) is 9.78 Å². The van der Waals surface area contributed by atoms with Gasteiger partial charge in [-0.1, -0.05) is 74.5 Å². The number of nitrogens with zero attached hydrogens (tertiary/aromatic N) is 5. The predicted octanol–water partition coefficient (Wildman–Crippen LogP) is 6.39. The monoisotopic (exact) mass is 601 g/mol. The topological polar surface area (TPSA) is 81.8 Å². The zero-order valence-corrected chi connectivity index (χ0v) is 25.9. The number of ketones is 1. The Kier molecular flexibility index (Phi) is 9.27. The lowest BCUT2D eigenvalue weighted by Crippen LogP contribution is -2.37. The van der Waals surface area contributed by atoms with E-state index < -0.39 is 0 Å². The van der Waals surface area contributed by atoms with Gasteiger partial charge in [0.2, 0.25) is 5.16 Å². The van der Waals surface area contributed by atoms with Gasteiger partial charge < -0.3 is 14.4 Å². The minimum absolute atomic E-state index is 0.0582. The standard InChI is InChI=1S/C33H36FN5O3S/c1-22-8-6-9-23(16-22)20-35-39-31(24-10-7-11-26(34)17-24)36-37-32(39)43-21-29(40)25-18-27(33(2,3)4)30(41-5)28(19-25)38-12-14-42-15-13-38/h6-11,16-20H,12-15,21H2,1-5H3/b35-20+. The van der Waals surface area contributed by atoms with Gasteiger partial charge in [0.1, 0.15) is 11.6 Å². The van der Waals surface area contributed by atoms with Gasteiger partial charge in [0.25, 0.3) is 0 Å². The second kappa shape index (κ2) is 13.1. The zero-order valence-electron chi connectivity index (χ0n) is 25.1. The van der Waals surface area contributed by atoms with Crippen molar-refractivity contribution in [2.45, 2.75) is 38.3 Å². The van der Waals surface area contributed by atoms with Crippen LogP contribution in [0, 0.1) is 12.7 Å². The van der Waals surface area contributed by atoms with Crippen molar-refractivity contribution in [3.63, 3.8) is 0 Å². The lowest BCUT2D eigenvalue weighted by Gasteiger charge is -2.33. The van der Waals surface area contributed by atoms with Crippen molar-refractivity contribution in [1.82, 2.24) is 14.9 Å². The molecule has 0 radical (unpaired) electrons. The molecular formula is C33H36FN5O3S. The van der Waals surface area contributed by atoms with E-state index >= 15 is 0 Å². The van der Waals surface area contributed by atoms with E-state index in [9.17, 15) is 9.18 Å². The van der Waals surface area contributed by atoms with Gasteiger partial charge >= 0.3 is 0 Å². The molecule has 43 heavy (non-hydrogen) atoms. The average Bonchev–Trinajstić information content (AvgIpc) is 3.40. The summed E-state index contributed by atoms with van der Waals surface area (Å²) >= 11 is 1.24. The molecular weight excluding hydrogens is 565 g/mol. The van der Waals surface area contributed by atoms with Crippen LogP contribution in [0.15, 0.2) is 70.9 Å². The Balaban J connectivity index is 1.47. The third kappa shape index (κ3) is 7.14. The van der Waals surface area contributed by atoms with Crippen molar-refractivity contribution in [2.75, 3.05) is 44.1 Å². The molecule has 1 aromatic heterocycles. The third-order valence-electron chi connectivity index (χ3n) is 7.15. The van der Waals surface area contributed by atoms with Gasteiger partial charge in [0.15, 0.2) is 11.6 Å². The van der Waals surface area contributed by atoms with E-state index in [1.54, 1.807) is 30.1 Å². The lowest BCUT2D eigenvalue weighted by atomic mass is 9.84. The Morgan fingerprint density at radius 2 is 1.86 bits per heavy atom. The second-order valence-corrected chi connectivity index (χ2v) is 12.4. The summed E-state index contributed by atoms with van der Waals surface area (Å²) in [5.74, 6) is 0.831. The number of hydrogen-bond donors (Lipinski definition) is 0. The number of aromatic nitrogens is 3. The van der Waals surface area contributed by atoms with Crippen LogP contribution in [0.2, 0.25) is 0 Å². The summed E-state index contributed by atoms with van der Waals surface area (Å²) < 4.78 is 27.1. The van der Waals surface area contributed by atoms with Crippen molar-refractivity contribution in [2.24, 2.45) is 5.10 Å². The summed E-state index contributed by atoms with van der Waals surface area (Å²) in [4.78, 5) is 15.9. The molecule has 8 nitrogen and oxygen atoms in total. The highest BCUT2D eigenvalue weighted by atomic mass is 32.2. The SMILES string of the molecule is COc1c(N2CCOCC2)cc(C(=O)CSc2nnc(-c3cccc(F)c3)n2/N=C/c2cccc(C)c2)cc1C(C)(C)C. The van der Waals surface area contributed by atoms with Crippen LogP contribution in [-0.2, 0) is 10.2 Å². The largest absolute Gasteiger partial charge is 0.494 e. The normalized spacial score (nSPS) is 14.0. The number of carbonyl (C=O) groups is 1. The van der Waals surface area contributed by atoms with Crippen LogP contribution in [0.1, 0.15) is 47.8 Å². The molecule has 1 aliphatic heterocycles. The smallest absolute Gasteiger partial charge is 0.212 e. The molecule has 0 N–H and O–H groups in total. The molecule has 0 atom stereocenters. The predicted molar refractivity (Wildman–Crippen MR) is 169 cm³/mol. The summed E-state index contributed by atoms with van der Waals surface area (Å²) in [6.45, 7) is 11.0. The van der Waals surface area contributed by atoms with Crippen molar-refractivity contribution in [3.05, 3.63) is 88.7 Å². The van der Waals surface area contributed by atoms with Gasteiger partial charge in [0.05, 0.1) is 38.0 Å². The van der Waals surface area contributed by atoms with Gasteiger partial charge in [0, 0.05) is 29.8 Å². The van der Waals surface area contributed by atoms with E-state index in [0.717, 1.165) is 41.2 Å². The Bertz CT molecular complexity index is 1640. The highest BCUT2D eigenvalue weighted by Crippen LogP contribution is 2.41. The average molecular weight is 602 g/mol. The number of hydrogen-bond acceptors (Lipinski definition) is 8. The minimum atomic E-state index is -0.385. The molecule has 2 heterocycles. The van der Waals surface area contributed by atoms with Crippen molar-refractivity contribution in [3.8, 4) is 17.1 Å². The van der Waals surface area contributed by atoms with Gasteiger partial charge in [-0.3, -0.25) is 4.79 Å². The van der Waals surface area contributed by atoms with Crippen molar-refractivity contribution >= 4 is 29.4 Å². The Labute approximate surface area is 255 Å². The summed E-state index contributed by atoms with van der Waals surface area (Å²) in [6.07, 6.45) is 1.71. The molecule has 0 bridgehead atoms. The number of halogens is 1. The Morgan fingerprint density at radius 3 is 2.56 bits per heavy atom. The first kappa shape index (κ1) is 30.4. The molecule has 0 spiro atoms. The van der Waals surface area contributed by atoms with Crippen LogP contribution in [0.4, 0.5) is 10.1 Å². The van der Waals surface area contributed by atoms with Gasteiger partial charge in [-0.05, 0) is 42.2 Å². The Hall–Kier alpha value is -4.02. The van der Waals surface area contributed by atoms with E-state index in [1.807, 2.05) is 43.3 Å². The molecule has 0 amide bonds. The summed E-state index contributed by atoms with van der Waals surface area (Å²) in [5.41, 5.74) is 4.74. The fourth-order valence-electron chi connectivity index (χ4n) is 4.94. The second-order valence-electron chi connectivity index (χ2n) is 11.4. The quantitative estimate of drug-likeness (QED) is 0.125. The summed E-state index contributed by atoms with van der Waals surface area (Å²) in [6, 6.07) is 17.9. The van der Waals surface area contributed by atoms with Crippen LogP contribution >= 0.6 is 11.8 Å². The molecule has 5 rings (SSSR count). The first-order chi connectivity index (χ1) is 20.6. The number of benzene rings is 3. The fourth-order valence-corrected chi connectivity index (χ4v) is 5.72. The van der Waals surface area contributed by atoms with Crippen molar-refractivity contribution in [1.29, 1.82) is 0 Å². The molecule has 0 saturated carbocycles. The molecule has 0 aliphatic carbocycles.